The third-order valence-corrected chi connectivity index (χ3v) is 3.62. The van der Waals surface area contributed by atoms with E-state index < -0.39 is 0 Å². The van der Waals surface area contributed by atoms with E-state index in [1.54, 1.807) is 6.07 Å². The minimum atomic E-state index is -0.355. The third kappa shape index (κ3) is 2.86. The summed E-state index contributed by atoms with van der Waals surface area (Å²) >= 11 is 0. The van der Waals surface area contributed by atoms with Gasteiger partial charge in [-0.25, -0.2) is 0 Å². The Bertz CT molecular complexity index is 422. The Balaban J connectivity index is 2.05. The van der Waals surface area contributed by atoms with Crippen LogP contribution in [-0.4, -0.2) is 11.4 Å². The Hall–Kier alpha value is -1.35. The highest BCUT2D eigenvalue weighted by molar-refractivity contribution is 5.94. The first-order valence-corrected chi connectivity index (χ1v) is 6.13. The minimum Gasteiger partial charge on any atom is -0.366 e. The number of primary amides is 1. The highest BCUT2D eigenvalue weighted by Gasteiger charge is 2.37. The fourth-order valence-electron chi connectivity index (χ4n) is 2.19. The second-order valence-corrected chi connectivity index (χ2v) is 5.37. The van der Waals surface area contributed by atoms with E-state index in [2.05, 4.69) is 19.2 Å². The lowest BCUT2D eigenvalue weighted by atomic mass is 9.97. The Morgan fingerprint density at radius 3 is 2.65 bits per heavy atom. The fraction of sp³-hybridized carbons (Fsp3) is 0.500. The maximum atomic E-state index is 11.3. The van der Waals surface area contributed by atoms with Crippen molar-refractivity contribution in [3.05, 3.63) is 35.4 Å². The first-order chi connectivity index (χ1) is 8.00. The molecule has 3 N–H and O–H groups in total. The molecule has 0 heterocycles. The van der Waals surface area contributed by atoms with Crippen molar-refractivity contribution in [2.24, 2.45) is 11.7 Å². The highest BCUT2D eigenvalue weighted by Crippen LogP contribution is 2.39. The average molecular weight is 232 g/mol. The number of carbonyl (C=O) groups excluding carboxylic acids is 1. The van der Waals surface area contributed by atoms with Gasteiger partial charge in [0.2, 0.25) is 5.91 Å². The van der Waals surface area contributed by atoms with Crippen LogP contribution in [0.5, 0.6) is 0 Å². The summed E-state index contributed by atoms with van der Waals surface area (Å²) in [6, 6.07) is 7.52. The Kier molecular flexibility index (Phi) is 3.20. The number of hydrogen-bond acceptors (Lipinski definition) is 2. The zero-order valence-corrected chi connectivity index (χ0v) is 10.5. The van der Waals surface area contributed by atoms with Crippen LogP contribution in [0.25, 0.3) is 0 Å². The predicted octanol–water partition coefficient (Wildman–Crippen LogP) is 2.06. The topological polar surface area (TPSA) is 55.1 Å². The summed E-state index contributed by atoms with van der Waals surface area (Å²) < 4.78 is 0. The van der Waals surface area contributed by atoms with E-state index in [0.29, 0.717) is 12.1 Å². The molecule has 3 nitrogen and oxygen atoms in total. The lowest BCUT2D eigenvalue weighted by Crippen LogP contribution is -2.41. The quantitative estimate of drug-likeness (QED) is 0.816. The van der Waals surface area contributed by atoms with Gasteiger partial charge in [-0.3, -0.25) is 4.79 Å². The summed E-state index contributed by atoms with van der Waals surface area (Å²) in [5.74, 6) is 0.412. The van der Waals surface area contributed by atoms with Crippen molar-refractivity contribution in [2.75, 3.05) is 0 Å². The maximum Gasteiger partial charge on any atom is 0.249 e. The molecule has 3 heteroatoms. The van der Waals surface area contributed by atoms with Crippen LogP contribution in [0.4, 0.5) is 0 Å². The lowest BCUT2D eigenvalue weighted by molar-refractivity contribution is 0.0999. The second-order valence-electron chi connectivity index (χ2n) is 5.37. The molecule has 1 aromatic carbocycles. The van der Waals surface area contributed by atoms with Crippen molar-refractivity contribution < 1.29 is 4.79 Å². The molecule has 0 aliphatic heterocycles. The lowest BCUT2D eigenvalue weighted by Gasteiger charge is -2.26. The van der Waals surface area contributed by atoms with Gasteiger partial charge in [0.25, 0.3) is 0 Å². The Morgan fingerprint density at radius 2 is 2.06 bits per heavy atom. The molecule has 1 fully saturated rings. The molecule has 92 valence electrons. The van der Waals surface area contributed by atoms with Gasteiger partial charge in [0.15, 0.2) is 0 Å². The van der Waals surface area contributed by atoms with Crippen molar-refractivity contribution in [2.45, 2.75) is 38.8 Å². The van der Waals surface area contributed by atoms with Crippen molar-refractivity contribution in [1.29, 1.82) is 0 Å². The van der Waals surface area contributed by atoms with Crippen LogP contribution in [0.2, 0.25) is 0 Å². The molecule has 0 radical (unpaired) electrons. The van der Waals surface area contributed by atoms with Crippen LogP contribution < -0.4 is 11.1 Å². The van der Waals surface area contributed by atoms with E-state index in [1.807, 2.05) is 18.2 Å². The number of benzene rings is 1. The molecular formula is C14H20N2O. The van der Waals surface area contributed by atoms with E-state index in [0.717, 1.165) is 11.5 Å². The summed E-state index contributed by atoms with van der Waals surface area (Å²) in [7, 11) is 0. The molecule has 2 rings (SSSR count). The smallest absolute Gasteiger partial charge is 0.249 e. The average Bonchev–Trinajstić information content (AvgIpc) is 3.11. The molecule has 17 heavy (non-hydrogen) atoms. The molecule has 0 unspecified atom stereocenters. The van der Waals surface area contributed by atoms with Crippen molar-refractivity contribution in [3.8, 4) is 0 Å². The van der Waals surface area contributed by atoms with Crippen LogP contribution >= 0.6 is 0 Å². The minimum absolute atomic E-state index is 0.144. The largest absolute Gasteiger partial charge is 0.366 e. The predicted molar refractivity (Wildman–Crippen MR) is 68.6 cm³/mol. The van der Waals surface area contributed by atoms with Crippen molar-refractivity contribution in [3.63, 3.8) is 0 Å². The van der Waals surface area contributed by atoms with E-state index in [1.165, 1.54) is 12.8 Å². The number of nitrogens with one attached hydrogen (secondary N) is 1. The number of amides is 1. The van der Waals surface area contributed by atoms with Gasteiger partial charge in [-0.15, -0.1) is 0 Å². The zero-order valence-electron chi connectivity index (χ0n) is 10.5. The van der Waals surface area contributed by atoms with Crippen LogP contribution in [-0.2, 0) is 6.54 Å². The molecule has 1 aliphatic rings. The second kappa shape index (κ2) is 4.49. The van der Waals surface area contributed by atoms with Gasteiger partial charge in [-0.05, 0) is 44.2 Å². The molecule has 1 aliphatic carbocycles. The number of rotatable bonds is 5. The van der Waals surface area contributed by atoms with Gasteiger partial charge >= 0.3 is 0 Å². The van der Waals surface area contributed by atoms with Crippen LogP contribution in [0.1, 0.15) is 42.6 Å². The number of carbonyl (C=O) groups is 1. The Labute approximate surface area is 102 Å². The van der Waals surface area contributed by atoms with Crippen LogP contribution in [0.3, 0.4) is 0 Å². The Morgan fingerprint density at radius 1 is 1.41 bits per heavy atom. The van der Waals surface area contributed by atoms with E-state index in [9.17, 15) is 4.79 Å². The monoisotopic (exact) mass is 232 g/mol. The summed E-state index contributed by atoms with van der Waals surface area (Å²) in [6.45, 7) is 5.14. The molecule has 0 aromatic heterocycles. The molecule has 0 bridgehead atoms. The van der Waals surface area contributed by atoms with Gasteiger partial charge in [0, 0.05) is 17.6 Å². The first kappa shape index (κ1) is 12.1. The third-order valence-electron chi connectivity index (χ3n) is 3.62. The SMILES string of the molecule is CC(C)(NCc1ccccc1C(N)=O)C1CC1. The maximum absolute atomic E-state index is 11.3. The van der Waals surface area contributed by atoms with Crippen molar-refractivity contribution in [1.82, 2.24) is 5.32 Å². The summed E-state index contributed by atoms with van der Waals surface area (Å²) in [4.78, 5) is 11.3. The normalized spacial score (nSPS) is 15.9. The van der Waals surface area contributed by atoms with E-state index >= 15 is 0 Å². The molecule has 0 saturated heterocycles. The van der Waals surface area contributed by atoms with E-state index in [-0.39, 0.29) is 11.4 Å². The van der Waals surface area contributed by atoms with Crippen LogP contribution in [0, 0.1) is 5.92 Å². The fourth-order valence-corrected chi connectivity index (χ4v) is 2.19. The summed E-state index contributed by atoms with van der Waals surface area (Å²) in [5, 5.41) is 3.52. The molecule has 0 spiro atoms. The number of nitrogens with two attached hydrogens (primary N) is 1. The van der Waals surface area contributed by atoms with Gasteiger partial charge in [0.05, 0.1) is 0 Å². The first-order valence-electron chi connectivity index (χ1n) is 6.13. The van der Waals surface area contributed by atoms with Crippen LogP contribution in [0.15, 0.2) is 24.3 Å². The highest BCUT2D eigenvalue weighted by atomic mass is 16.1. The van der Waals surface area contributed by atoms with Gasteiger partial charge in [-0.2, -0.15) is 0 Å². The van der Waals surface area contributed by atoms with Gasteiger partial charge < -0.3 is 11.1 Å². The summed E-state index contributed by atoms with van der Waals surface area (Å²) in [6.07, 6.45) is 2.61. The zero-order chi connectivity index (χ0) is 12.5. The molecule has 1 amide bonds. The van der Waals surface area contributed by atoms with Crippen molar-refractivity contribution >= 4 is 5.91 Å². The molecule has 1 saturated carbocycles. The number of hydrogen-bond donors (Lipinski definition) is 2. The molecule has 1 aromatic rings. The van der Waals surface area contributed by atoms with Gasteiger partial charge in [0.1, 0.15) is 0 Å². The molecular weight excluding hydrogens is 212 g/mol. The molecule has 0 atom stereocenters. The van der Waals surface area contributed by atoms with E-state index in [4.69, 9.17) is 5.73 Å². The standard InChI is InChI=1S/C14H20N2O/c1-14(2,11-7-8-11)16-9-10-5-3-4-6-12(10)13(15)17/h3-6,11,16H,7-9H2,1-2H3,(H2,15,17). The summed E-state index contributed by atoms with van der Waals surface area (Å²) in [5.41, 5.74) is 7.10. The van der Waals surface area contributed by atoms with Gasteiger partial charge in [-0.1, -0.05) is 18.2 Å².